The first kappa shape index (κ1) is 12.4. The van der Waals surface area contributed by atoms with Crippen molar-refractivity contribution in [2.45, 2.75) is 76.9 Å². The highest BCUT2D eigenvalue weighted by Crippen LogP contribution is 2.27. The molecule has 2 atom stereocenters. The third-order valence-electron chi connectivity index (χ3n) is 4.44. The number of rotatable bonds is 4. The average Bonchev–Trinajstić information content (AvgIpc) is 2.83. The van der Waals surface area contributed by atoms with Gasteiger partial charge in [-0.15, -0.1) is 0 Å². The molecule has 0 bridgehead atoms. The molecule has 2 heteroatoms. The van der Waals surface area contributed by atoms with Crippen molar-refractivity contribution in [3.8, 4) is 0 Å². The average molecular weight is 224 g/mol. The summed E-state index contributed by atoms with van der Waals surface area (Å²) in [5.74, 6) is 0. The molecular formula is C14H28N2. The fraction of sp³-hybridized carbons (Fsp3) is 1.00. The molecule has 1 saturated heterocycles. The first-order valence-corrected chi connectivity index (χ1v) is 7.34. The summed E-state index contributed by atoms with van der Waals surface area (Å²) >= 11 is 0. The Morgan fingerprint density at radius 2 is 1.94 bits per heavy atom. The summed E-state index contributed by atoms with van der Waals surface area (Å²) in [6, 6.07) is 2.47. The summed E-state index contributed by atoms with van der Waals surface area (Å²) in [6.45, 7) is 7.16. The van der Waals surface area contributed by atoms with Crippen LogP contribution in [-0.4, -0.2) is 36.1 Å². The molecule has 16 heavy (non-hydrogen) atoms. The maximum atomic E-state index is 3.73. The van der Waals surface area contributed by atoms with Crippen LogP contribution in [0.4, 0.5) is 0 Å². The topological polar surface area (TPSA) is 15.3 Å². The van der Waals surface area contributed by atoms with Crippen molar-refractivity contribution in [3.05, 3.63) is 0 Å². The standard InChI is InChI=1S/C14H28N2/c1-3-7-12-11-16(13(4-2)10-15-12)14-8-5-6-9-14/h12-15H,3-11H2,1-2H3. The minimum atomic E-state index is 0.758. The van der Waals surface area contributed by atoms with E-state index in [9.17, 15) is 0 Å². The van der Waals surface area contributed by atoms with E-state index in [2.05, 4.69) is 24.1 Å². The monoisotopic (exact) mass is 224 g/mol. The van der Waals surface area contributed by atoms with Gasteiger partial charge in [0.05, 0.1) is 0 Å². The minimum Gasteiger partial charge on any atom is -0.311 e. The van der Waals surface area contributed by atoms with E-state index < -0.39 is 0 Å². The SMILES string of the molecule is CCCC1CN(C2CCCC2)C(CC)CN1. The molecule has 2 fully saturated rings. The van der Waals surface area contributed by atoms with E-state index in [4.69, 9.17) is 0 Å². The third-order valence-corrected chi connectivity index (χ3v) is 4.44. The largest absolute Gasteiger partial charge is 0.311 e. The Hall–Kier alpha value is -0.0800. The zero-order valence-electron chi connectivity index (χ0n) is 11.0. The molecule has 0 aromatic heterocycles. The summed E-state index contributed by atoms with van der Waals surface area (Å²) in [5, 5.41) is 3.73. The fourth-order valence-corrected chi connectivity index (χ4v) is 3.49. The van der Waals surface area contributed by atoms with E-state index in [0.29, 0.717) is 0 Å². The molecule has 1 aliphatic heterocycles. The number of hydrogen-bond acceptors (Lipinski definition) is 2. The van der Waals surface area contributed by atoms with Crippen molar-refractivity contribution in [1.29, 1.82) is 0 Å². The van der Waals surface area contributed by atoms with Gasteiger partial charge in [0.15, 0.2) is 0 Å². The van der Waals surface area contributed by atoms with Crippen molar-refractivity contribution in [1.82, 2.24) is 10.2 Å². The highest BCUT2D eigenvalue weighted by molar-refractivity contribution is 4.90. The molecule has 0 aromatic carbocycles. The van der Waals surface area contributed by atoms with E-state index in [-0.39, 0.29) is 0 Å². The Labute approximate surface area is 101 Å². The molecule has 1 N–H and O–H groups in total. The van der Waals surface area contributed by atoms with Gasteiger partial charge in [0.25, 0.3) is 0 Å². The van der Waals surface area contributed by atoms with Crippen LogP contribution in [-0.2, 0) is 0 Å². The second-order valence-corrected chi connectivity index (χ2v) is 5.59. The zero-order valence-corrected chi connectivity index (χ0v) is 11.0. The van der Waals surface area contributed by atoms with Crippen LogP contribution in [0.2, 0.25) is 0 Å². The second-order valence-electron chi connectivity index (χ2n) is 5.59. The highest BCUT2D eigenvalue weighted by atomic mass is 15.3. The van der Waals surface area contributed by atoms with Crippen LogP contribution in [0, 0.1) is 0 Å². The summed E-state index contributed by atoms with van der Waals surface area (Å²) in [7, 11) is 0. The van der Waals surface area contributed by atoms with E-state index in [1.54, 1.807) is 0 Å². The van der Waals surface area contributed by atoms with Gasteiger partial charge in [0.1, 0.15) is 0 Å². The zero-order chi connectivity index (χ0) is 11.4. The Morgan fingerprint density at radius 3 is 2.56 bits per heavy atom. The smallest absolute Gasteiger partial charge is 0.0221 e. The van der Waals surface area contributed by atoms with Crippen molar-refractivity contribution in [3.63, 3.8) is 0 Å². The Balaban J connectivity index is 1.93. The molecule has 0 radical (unpaired) electrons. The van der Waals surface area contributed by atoms with Crippen LogP contribution in [0.15, 0.2) is 0 Å². The predicted molar refractivity (Wildman–Crippen MR) is 69.7 cm³/mol. The van der Waals surface area contributed by atoms with E-state index in [0.717, 1.165) is 18.1 Å². The maximum Gasteiger partial charge on any atom is 0.0221 e. The van der Waals surface area contributed by atoms with Crippen molar-refractivity contribution >= 4 is 0 Å². The van der Waals surface area contributed by atoms with Gasteiger partial charge in [0.2, 0.25) is 0 Å². The van der Waals surface area contributed by atoms with Gasteiger partial charge in [-0.1, -0.05) is 33.1 Å². The lowest BCUT2D eigenvalue weighted by atomic mass is 10.0. The van der Waals surface area contributed by atoms with Gasteiger partial charge in [-0.05, 0) is 25.7 Å². The maximum absolute atomic E-state index is 3.73. The summed E-state index contributed by atoms with van der Waals surface area (Å²) in [4.78, 5) is 2.84. The van der Waals surface area contributed by atoms with Gasteiger partial charge in [-0.3, -0.25) is 4.90 Å². The van der Waals surface area contributed by atoms with E-state index in [1.165, 1.54) is 58.0 Å². The predicted octanol–water partition coefficient (Wildman–Crippen LogP) is 2.78. The van der Waals surface area contributed by atoms with Gasteiger partial charge < -0.3 is 5.32 Å². The molecule has 0 spiro atoms. The van der Waals surface area contributed by atoms with Crippen LogP contribution in [0.1, 0.15) is 58.8 Å². The van der Waals surface area contributed by atoms with Crippen LogP contribution >= 0.6 is 0 Å². The first-order chi connectivity index (χ1) is 7.85. The summed E-state index contributed by atoms with van der Waals surface area (Å²) < 4.78 is 0. The molecule has 2 nitrogen and oxygen atoms in total. The lowest BCUT2D eigenvalue weighted by molar-refractivity contribution is 0.0786. The number of piperazine rings is 1. The second kappa shape index (κ2) is 6.02. The molecule has 2 rings (SSSR count). The van der Waals surface area contributed by atoms with Crippen molar-refractivity contribution < 1.29 is 0 Å². The lowest BCUT2D eigenvalue weighted by Gasteiger charge is -2.43. The molecule has 1 heterocycles. The van der Waals surface area contributed by atoms with Crippen molar-refractivity contribution in [2.24, 2.45) is 0 Å². The molecular weight excluding hydrogens is 196 g/mol. The summed E-state index contributed by atoms with van der Waals surface area (Å²) in [6.07, 6.45) is 9.80. The third kappa shape index (κ3) is 2.78. The Kier molecular flexibility index (Phi) is 4.66. The highest BCUT2D eigenvalue weighted by Gasteiger charge is 2.32. The quantitative estimate of drug-likeness (QED) is 0.790. The molecule has 2 aliphatic rings. The Morgan fingerprint density at radius 1 is 1.19 bits per heavy atom. The van der Waals surface area contributed by atoms with Crippen LogP contribution < -0.4 is 5.32 Å². The molecule has 0 amide bonds. The normalized spacial score (nSPS) is 33.4. The molecule has 0 aromatic rings. The first-order valence-electron chi connectivity index (χ1n) is 7.34. The van der Waals surface area contributed by atoms with Gasteiger partial charge in [-0.25, -0.2) is 0 Å². The van der Waals surface area contributed by atoms with Crippen molar-refractivity contribution in [2.75, 3.05) is 13.1 Å². The number of nitrogens with zero attached hydrogens (tertiary/aromatic N) is 1. The van der Waals surface area contributed by atoms with E-state index in [1.807, 2.05) is 0 Å². The fourth-order valence-electron chi connectivity index (χ4n) is 3.49. The van der Waals surface area contributed by atoms with Gasteiger partial charge in [-0.2, -0.15) is 0 Å². The number of hydrogen-bond donors (Lipinski definition) is 1. The molecule has 1 saturated carbocycles. The lowest BCUT2D eigenvalue weighted by Crippen LogP contribution is -2.58. The number of nitrogens with one attached hydrogen (secondary N) is 1. The molecule has 94 valence electrons. The van der Waals surface area contributed by atoms with E-state index >= 15 is 0 Å². The molecule has 2 unspecified atom stereocenters. The molecule has 1 aliphatic carbocycles. The van der Waals surface area contributed by atoms with Crippen LogP contribution in [0.3, 0.4) is 0 Å². The van der Waals surface area contributed by atoms with Gasteiger partial charge in [0, 0.05) is 31.2 Å². The van der Waals surface area contributed by atoms with Crippen LogP contribution in [0.5, 0.6) is 0 Å². The van der Waals surface area contributed by atoms with Crippen LogP contribution in [0.25, 0.3) is 0 Å². The summed E-state index contributed by atoms with van der Waals surface area (Å²) in [5.41, 5.74) is 0. The Bertz CT molecular complexity index is 197. The minimum absolute atomic E-state index is 0.758. The van der Waals surface area contributed by atoms with Gasteiger partial charge >= 0.3 is 0 Å².